The molecule has 0 N–H and O–H groups in total. The van der Waals surface area contributed by atoms with E-state index < -0.39 is 0 Å². The van der Waals surface area contributed by atoms with Gasteiger partial charge < -0.3 is 37.9 Å². The summed E-state index contributed by atoms with van der Waals surface area (Å²) in [5.41, 5.74) is 1.51. The first-order valence-electron chi connectivity index (χ1n) is 40.9. The normalized spacial score (nSPS) is 31.8. The lowest BCUT2D eigenvalue weighted by atomic mass is 9.70. The van der Waals surface area contributed by atoms with Crippen molar-refractivity contribution in [1.82, 2.24) is 0 Å². The van der Waals surface area contributed by atoms with Gasteiger partial charge in [0.15, 0.2) is 0 Å². The van der Waals surface area contributed by atoms with Gasteiger partial charge in [0.05, 0.1) is 0 Å². The molecular weight excluding hydrogens is 1350 g/mol. The molecule has 0 saturated heterocycles. The highest BCUT2D eigenvalue weighted by Crippen LogP contribution is 2.66. The van der Waals surface area contributed by atoms with Gasteiger partial charge in [0.25, 0.3) is 0 Å². The van der Waals surface area contributed by atoms with Crippen LogP contribution in [0.4, 0.5) is 0 Å². The maximum atomic E-state index is 11.3. The van der Waals surface area contributed by atoms with Gasteiger partial charge >= 0.3 is 47.8 Å². The molecule has 0 amide bonds. The largest absolute Gasteiger partial charge is 0.459 e. The van der Waals surface area contributed by atoms with Crippen molar-refractivity contribution in [2.45, 2.75) is 338 Å². The molecule has 11 rings (SSSR count). The Balaban J connectivity index is 0.000000259. The maximum absolute atomic E-state index is 11.3. The van der Waals surface area contributed by atoms with Gasteiger partial charge in [0, 0.05) is 59.9 Å². The van der Waals surface area contributed by atoms with E-state index in [1.165, 1.54) is 158 Å². The number of hydrogen-bond acceptors (Lipinski definition) is 16. The topological polar surface area (TPSA) is 210 Å². The molecule has 6 bridgehead atoms. The average molecular weight is 1490 g/mol. The molecule has 0 aromatic carbocycles. The van der Waals surface area contributed by atoms with Crippen LogP contribution in [0.1, 0.15) is 290 Å². The third kappa shape index (κ3) is 30.5. The van der Waals surface area contributed by atoms with Crippen LogP contribution in [0, 0.1) is 86.3 Å². The minimum Gasteiger partial charge on any atom is -0.459 e. The summed E-state index contributed by atoms with van der Waals surface area (Å²) in [4.78, 5) is 87.9. The number of esters is 8. The van der Waals surface area contributed by atoms with Gasteiger partial charge in [-0.3, -0.25) is 0 Å². The summed E-state index contributed by atoms with van der Waals surface area (Å²) in [7, 11) is 0. The molecule has 604 valence electrons. The second-order valence-corrected chi connectivity index (χ2v) is 36.2. The Morgan fingerprint density at radius 1 is 0.383 bits per heavy atom. The Kier molecular flexibility index (Phi) is 38.7. The summed E-state index contributed by atoms with van der Waals surface area (Å²) in [6, 6.07) is 0. The molecule has 16 heteroatoms. The molecule has 11 atom stereocenters. The fourth-order valence-electron chi connectivity index (χ4n) is 19.2. The van der Waals surface area contributed by atoms with Crippen molar-refractivity contribution in [3.63, 3.8) is 0 Å². The highest BCUT2D eigenvalue weighted by molar-refractivity contribution is 5.84. The van der Waals surface area contributed by atoms with Gasteiger partial charge in [0.2, 0.25) is 0 Å². The maximum Gasteiger partial charge on any atom is 0.330 e. The Morgan fingerprint density at radius 2 is 0.804 bits per heavy atom. The first-order valence-corrected chi connectivity index (χ1v) is 40.9. The van der Waals surface area contributed by atoms with E-state index in [0.717, 1.165) is 119 Å². The highest BCUT2D eigenvalue weighted by Gasteiger charge is 2.63. The zero-order valence-electron chi connectivity index (χ0n) is 68.9. The smallest absolute Gasteiger partial charge is 0.330 e. The molecule has 11 unspecified atom stereocenters. The third-order valence-corrected chi connectivity index (χ3v) is 26.1. The van der Waals surface area contributed by atoms with E-state index in [1.807, 2.05) is 0 Å². The summed E-state index contributed by atoms with van der Waals surface area (Å²) in [6.07, 6.45) is 45.1. The van der Waals surface area contributed by atoms with Crippen molar-refractivity contribution >= 4 is 47.8 Å². The van der Waals surface area contributed by atoms with Crippen molar-refractivity contribution in [2.24, 2.45) is 86.3 Å². The molecule has 11 aliphatic carbocycles. The molecule has 0 aliphatic heterocycles. The lowest BCUT2D eigenvalue weighted by Crippen LogP contribution is -2.38. The zero-order valence-corrected chi connectivity index (χ0v) is 68.9. The molecule has 107 heavy (non-hydrogen) atoms. The number of carbonyl (C=O) groups excluding carboxylic acids is 8. The first kappa shape index (κ1) is 93.1. The van der Waals surface area contributed by atoms with Gasteiger partial charge in [0.1, 0.15) is 48.8 Å². The van der Waals surface area contributed by atoms with Crippen LogP contribution in [0.3, 0.4) is 0 Å². The standard InChI is InChI=1S/C13H20O2.C13H22O2.C12H18O2.2C12H20O2.C10H14O2.C10H16O2.C9H14O2/c1-5-11(14)15-10-8-9-6-7-13(10,4)12(9,2)3;1-5-12(14)15-11-8-6-10(7-9-11)13(2,3)4;1-4-11(13)14-10-7-8-5-6-9(10)12(8,2)3;1-5-11(13)14-10-6-9(2)7-12(3,4)8-10;1-4-12(13)14-11-7-5-10(6-8-11)9(2)3;1-2-10(11)12-9-6-7-3-4-8(9)5-7;1-3-10(11)12-9-6-4-8(2)5-7-9;1-2-9(10)11-8-6-4-3-5-7-8/h5,9-10H,1,6-8H2,2-4H3;5,10-11H,1,6-9H2,2-4H3;4,8-10H,1,5-7H2,2-3H3;5,9-10H,1,6-8H2,2-4H3;4,9-11H,1,5-8H2,2-3H3;2,7-9H,1,3-6H2;3,8-9H,1,4-7H2,2H3;2,8H,1,3-7H2. The number of ether oxygens (including phenoxy) is 8. The van der Waals surface area contributed by atoms with E-state index in [9.17, 15) is 38.4 Å². The molecule has 16 nitrogen and oxygen atoms in total. The number of fused-ring (bicyclic) bond motifs is 6. The van der Waals surface area contributed by atoms with Crippen molar-refractivity contribution in [1.29, 1.82) is 0 Å². The molecule has 0 spiro atoms. The fourth-order valence-corrected chi connectivity index (χ4v) is 19.2. The second kappa shape index (κ2) is 44.5. The summed E-state index contributed by atoms with van der Waals surface area (Å²) in [5.74, 6) is 5.06. The van der Waals surface area contributed by atoms with E-state index in [-0.39, 0.29) is 102 Å². The van der Waals surface area contributed by atoms with E-state index in [0.29, 0.717) is 45.3 Å². The Morgan fingerprint density at radius 3 is 1.17 bits per heavy atom. The van der Waals surface area contributed by atoms with Gasteiger partial charge in [-0.05, 0) is 261 Å². The molecule has 11 saturated carbocycles. The predicted molar refractivity (Wildman–Crippen MR) is 426 cm³/mol. The van der Waals surface area contributed by atoms with E-state index >= 15 is 0 Å². The first-order chi connectivity index (χ1) is 50.3. The monoisotopic (exact) mass is 1490 g/mol. The highest BCUT2D eigenvalue weighted by atomic mass is 16.6. The Hall–Kier alpha value is -6.32. The molecule has 0 aromatic rings. The fraction of sp³-hybridized carbons (Fsp3) is 0.736. The Labute approximate surface area is 646 Å². The van der Waals surface area contributed by atoms with Crippen molar-refractivity contribution < 1.29 is 76.3 Å². The average Bonchev–Trinajstić information content (AvgIpc) is 1.57. The van der Waals surface area contributed by atoms with Crippen LogP contribution in [0.2, 0.25) is 0 Å². The lowest BCUT2D eigenvalue weighted by molar-refractivity contribution is -0.151. The van der Waals surface area contributed by atoms with Gasteiger partial charge in [-0.25, -0.2) is 38.4 Å². The summed E-state index contributed by atoms with van der Waals surface area (Å²) < 4.78 is 42.0. The lowest BCUT2D eigenvalue weighted by Gasteiger charge is -2.38. The minimum atomic E-state index is -0.292. The molecule has 11 fully saturated rings. The van der Waals surface area contributed by atoms with Crippen LogP contribution in [0.5, 0.6) is 0 Å². The number of rotatable bonds is 17. The minimum absolute atomic E-state index is 0.0826. The molecular formula is C91H144O16. The van der Waals surface area contributed by atoms with Crippen LogP contribution in [-0.4, -0.2) is 96.6 Å². The summed E-state index contributed by atoms with van der Waals surface area (Å²) >= 11 is 0. The third-order valence-electron chi connectivity index (χ3n) is 26.1. The number of hydrogen-bond donors (Lipinski definition) is 0. The van der Waals surface area contributed by atoms with Crippen LogP contribution in [0.25, 0.3) is 0 Å². The molecule has 0 radical (unpaired) electrons. The summed E-state index contributed by atoms with van der Waals surface area (Å²) in [5, 5.41) is 0. The van der Waals surface area contributed by atoms with E-state index in [2.05, 4.69) is 150 Å². The van der Waals surface area contributed by atoms with Gasteiger partial charge in [-0.1, -0.05) is 156 Å². The van der Waals surface area contributed by atoms with Crippen LogP contribution in [0.15, 0.2) is 101 Å². The quantitative estimate of drug-likeness (QED) is 0.0753. The van der Waals surface area contributed by atoms with Gasteiger partial charge in [-0.15, -0.1) is 0 Å². The van der Waals surface area contributed by atoms with Crippen LogP contribution < -0.4 is 0 Å². The summed E-state index contributed by atoms with van der Waals surface area (Å²) in [6.45, 7) is 59.0. The van der Waals surface area contributed by atoms with Crippen molar-refractivity contribution in [2.75, 3.05) is 0 Å². The SMILES string of the molecule is C=CC(=O)OC1CC(C)CC(C)(C)C1.C=CC(=O)OC1CC2CCC1(C)C2(C)C.C=CC(=O)OC1CC2CCC1C2.C=CC(=O)OC1CC2CCC1C2(C)C.C=CC(=O)OC1CCC(C(C)(C)C)CC1.C=CC(=O)OC1CCC(C(C)C)CC1.C=CC(=O)OC1CCC(C)CC1.C=CC(=O)OC1CCCCC1. The second-order valence-electron chi connectivity index (χ2n) is 36.2. The van der Waals surface area contributed by atoms with E-state index in [4.69, 9.17) is 37.9 Å². The molecule has 11 aliphatic rings. The van der Waals surface area contributed by atoms with Gasteiger partial charge in [-0.2, -0.15) is 0 Å². The zero-order chi connectivity index (χ0) is 80.0. The van der Waals surface area contributed by atoms with Crippen LogP contribution in [-0.2, 0) is 76.3 Å². The van der Waals surface area contributed by atoms with E-state index in [1.54, 1.807) is 0 Å². The molecule has 0 aromatic heterocycles. The van der Waals surface area contributed by atoms with Crippen LogP contribution >= 0.6 is 0 Å². The van der Waals surface area contributed by atoms with Crippen molar-refractivity contribution in [3.8, 4) is 0 Å². The Bertz CT molecular complexity index is 2910. The molecule has 0 heterocycles. The number of carbonyl (C=O) groups is 8. The predicted octanol–water partition coefficient (Wildman–Crippen LogP) is 20.9. The van der Waals surface area contributed by atoms with Crippen molar-refractivity contribution in [3.05, 3.63) is 101 Å².